The van der Waals surface area contributed by atoms with Crippen LogP contribution < -0.4 is 5.32 Å². The first-order valence-corrected chi connectivity index (χ1v) is 5.62. The maximum Gasteiger partial charge on any atom is 0.0607 e. The molecule has 0 saturated heterocycles. The summed E-state index contributed by atoms with van der Waals surface area (Å²) in [5.74, 6) is 0.573. The van der Waals surface area contributed by atoms with Gasteiger partial charge in [0.05, 0.1) is 25.5 Å². The summed E-state index contributed by atoms with van der Waals surface area (Å²) in [4.78, 5) is 0. The highest BCUT2D eigenvalue weighted by molar-refractivity contribution is 5.03. The molecule has 5 nitrogen and oxygen atoms in total. The monoisotopic (exact) mass is 227 g/mol. The number of hydrogen-bond donors (Lipinski definition) is 3. The van der Waals surface area contributed by atoms with Gasteiger partial charge in [0.25, 0.3) is 0 Å². The molecule has 0 spiro atoms. The zero-order chi connectivity index (χ0) is 12.0. The second-order valence-electron chi connectivity index (χ2n) is 4.41. The molecule has 1 rings (SSSR count). The van der Waals surface area contributed by atoms with Gasteiger partial charge in [-0.2, -0.15) is 5.10 Å². The Morgan fingerprint density at radius 1 is 1.38 bits per heavy atom. The molecule has 0 aliphatic rings. The van der Waals surface area contributed by atoms with E-state index in [1.165, 1.54) is 0 Å². The molecule has 0 saturated carbocycles. The molecule has 92 valence electrons. The van der Waals surface area contributed by atoms with Crippen LogP contribution in [0.1, 0.15) is 19.4 Å². The van der Waals surface area contributed by atoms with E-state index in [4.69, 9.17) is 10.2 Å². The van der Waals surface area contributed by atoms with Crippen LogP contribution >= 0.6 is 0 Å². The van der Waals surface area contributed by atoms with Crippen molar-refractivity contribution < 1.29 is 10.2 Å². The molecule has 0 aromatic carbocycles. The molecule has 0 unspecified atom stereocenters. The third-order valence-corrected chi connectivity index (χ3v) is 2.27. The molecule has 1 aromatic heterocycles. The van der Waals surface area contributed by atoms with E-state index in [-0.39, 0.29) is 19.3 Å². The van der Waals surface area contributed by atoms with Gasteiger partial charge in [-0.3, -0.25) is 4.68 Å². The maximum atomic E-state index is 8.88. The van der Waals surface area contributed by atoms with E-state index in [0.717, 1.165) is 12.1 Å². The molecule has 1 aromatic rings. The Balaban J connectivity index is 2.39. The third kappa shape index (κ3) is 4.30. The molecule has 3 N–H and O–H groups in total. The number of aliphatic hydroxyl groups is 2. The summed E-state index contributed by atoms with van der Waals surface area (Å²) in [6.07, 6.45) is 3.79. The summed E-state index contributed by atoms with van der Waals surface area (Å²) >= 11 is 0. The maximum absolute atomic E-state index is 8.88. The van der Waals surface area contributed by atoms with Crippen LogP contribution in [0.4, 0.5) is 0 Å². The zero-order valence-corrected chi connectivity index (χ0v) is 9.93. The van der Waals surface area contributed by atoms with Gasteiger partial charge < -0.3 is 15.5 Å². The van der Waals surface area contributed by atoms with Crippen molar-refractivity contribution in [1.82, 2.24) is 15.1 Å². The van der Waals surface area contributed by atoms with Crippen LogP contribution in [0.15, 0.2) is 12.4 Å². The molecule has 16 heavy (non-hydrogen) atoms. The molecule has 0 fully saturated rings. The largest absolute Gasteiger partial charge is 0.395 e. The first kappa shape index (κ1) is 13.2. The summed E-state index contributed by atoms with van der Waals surface area (Å²) in [6.45, 7) is 5.70. The van der Waals surface area contributed by atoms with Crippen molar-refractivity contribution in [3.05, 3.63) is 18.0 Å². The molecular formula is C11H21N3O2. The van der Waals surface area contributed by atoms with Crippen molar-refractivity contribution >= 4 is 0 Å². The molecule has 1 heterocycles. The van der Waals surface area contributed by atoms with Crippen LogP contribution in [-0.4, -0.2) is 39.2 Å². The molecule has 0 amide bonds. The van der Waals surface area contributed by atoms with Gasteiger partial charge >= 0.3 is 0 Å². The SMILES string of the molecule is CC(C)Cn1cc(CNC(CO)CO)cn1. The predicted octanol–water partition coefficient (Wildman–Crippen LogP) is -0.0181. The Bertz CT molecular complexity index is 295. The zero-order valence-electron chi connectivity index (χ0n) is 9.93. The van der Waals surface area contributed by atoms with Crippen LogP contribution in [0.5, 0.6) is 0 Å². The Kier molecular flexibility index (Phi) is 5.45. The van der Waals surface area contributed by atoms with Crippen molar-refractivity contribution in [2.24, 2.45) is 5.92 Å². The minimum atomic E-state index is -0.256. The van der Waals surface area contributed by atoms with E-state index in [9.17, 15) is 0 Å². The standard InChI is InChI=1S/C11H21N3O2/c1-9(2)5-14-6-10(4-13-14)3-12-11(7-15)8-16/h4,6,9,11-12,15-16H,3,5,7-8H2,1-2H3. The normalized spacial score (nSPS) is 11.6. The molecule has 5 heteroatoms. The van der Waals surface area contributed by atoms with Gasteiger partial charge in [0, 0.05) is 24.8 Å². The van der Waals surface area contributed by atoms with Gasteiger partial charge in [-0.1, -0.05) is 13.8 Å². The van der Waals surface area contributed by atoms with Crippen molar-refractivity contribution in [2.75, 3.05) is 13.2 Å². The number of rotatable bonds is 7. The first-order valence-electron chi connectivity index (χ1n) is 5.62. The topological polar surface area (TPSA) is 70.3 Å². The Morgan fingerprint density at radius 3 is 2.62 bits per heavy atom. The molecule has 0 aliphatic heterocycles. The van der Waals surface area contributed by atoms with E-state index in [1.54, 1.807) is 6.20 Å². The second kappa shape index (κ2) is 6.62. The highest BCUT2D eigenvalue weighted by Crippen LogP contribution is 2.02. The van der Waals surface area contributed by atoms with Crippen LogP contribution in [0, 0.1) is 5.92 Å². The number of nitrogens with one attached hydrogen (secondary N) is 1. The number of aromatic nitrogens is 2. The molecule has 0 atom stereocenters. The van der Waals surface area contributed by atoms with E-state index < -0.39 is 0 Å². The second-order valence-corrected chi connectivity index (χ2v) is 4.41. The summed E-state index contributed by atoms with van der Waals surface area (Å²) in [5.41, 5.74) is 1.06. The average Bonchev–Trinajstić information content (AvgIpc) is 2.66. The van der Waals surface area contributed by atoms with Crippen molar-refractivity contribution in [2.45, 2.75) is 33.0 Å². The minimum Gasteiger partial charge on any atom is -0.395 e. The highest BCUT2D eigenvalue weighted by atomic mass is 16.3. The molecule has 0 aliphatic carbocycles. The van der Waals surface area contributed by atoms with Crippen LogP contribution in [0.3, 0.4) is 0 Å². The van der Waals surface area contributed by atoms with E-state index in [1.807, 2.05) is 10.9 Å². The van der Waals surface area contributed by atoms with E-state index in [2.05, 4.69) is 24.3 Å². The summed E-state index contributed by atoms with van der Waals surface area (Å²) in [7, 11) is 0. The average molecular weight is 227 g/mol. The summed E-state index contributed by atoms with van der Waals surface area (Å²) < 4.78 is 1.91. The quantitative estimate of drug-likeness (QED) is 0.612. The number of nitrogens with zero attached hydrogens (tertiary/aromatic N) is 2. The molecule has 0 radical (unpaired) electrons. The van der Waals surface area contributed by atoms with Gasteiger partial charge in [0.1, 0.15) is 0 Å². The lowest BCUT2D eigenvalue weighted by Gasteiger charge is -2.11. The number of hydrogen-bond acceptors (Lipinski definition) is 4. The molecular weight excluding hydrogens is 206 g/mol. The Hall–Kier alpha value is -0.910. The first-order chi connectivity index (χ1) is 7.65. The Morgan fingerprint density at radius 2 is 2.06 bits per heavy atom. The smallest absolute Gasteiger partial charge is 0.0607 e. The van der Waals surface area contributed by atoms with Crippen molar-refractivity contribution in [1.29, 1.82) is 0 Å². The highest BCUT2D eigenvalue weighted by Gasteiger charge is 2.06. The fourth-order valence-corrected chi connectivity index (χ4v) is 1.42. The van der Waals surface area contributed by atoms with Crippen molar-refractivity contribution in [3.8, 4) is 0 Å². The van der Waals surface area contributed by atoms with Gasteiger partial charge in [-0.05, 0) is 5.92 Å². The van der Waals surface area contributed by atoms with Crippen LogP contribution in [-0.2, 0) is 13.1 Å². The van der Waals surface area contributed by atoms with E-state index >= 15 is 0 Å². The van der Waals surface area contributed by atoms with Crippen molar-refractivity contribution in [3.63, 3.8) is 0 Å². The van der Waals surface area contributed by atoms with Crippen LogP contribution in [0.25, 0.3) is 0 Å². The predicted molar refractivity (Wildman–Crippen MR) is 61.9 cm³/mol. The number of aliphatic hydroxyl groups excluding tert-OH is 2. The van der Waals surface area contributed by atoms with Gasteiger partial charge in [-0.25, -0.2) is 0 Å². The lowest BCUT2D eigenvalue weighted by Crippen LogP contribution is -2.35. The fourth-order valence-electron chi connectivity index (χ4n) is 1.42. The Labute approximate surface area is 96.1 Å². The minimum absolute atomic E-state index is 0.0589. The fraction of sp³-hybridized carbons (Fsp3) is 0.727. The summed E-state index contributed by atoms with van der Waals surface area (Å²) in [5, 5.41) is 25.1. The third-order valence-electron chi connectivity index (χ3n) is 2.27. The lowest BCUT2D eigenvalue weighted by molar-refractivity contribution is 0.170. The summed E-state index contributed by atoms with van der Waals surface area (Å²) in [6, 6.07) is -0.256. The van der Waals surface area contributed by atoms with E-state index in [0.29, 0.717) is 12.5 Å². The van der Waals surface area contributed by atoms with Gasteiger partial charge in [-0.15, -0.1) is 0 Å². The van der Waals surface area contributed by atoms with Crippen LogP contribution in [0.2, 0.25) is 0 Å². The lowest BCUT2D eigenvalue weighted by atomic mass is 10.2. The van der Waals surface area contributed by atoms with Gasteiger partial charge in [0.2, 0.25) is 0 Å². The van der Waals surface area contributed by atoms with Gasteiger partial charge in [0.15, 0.2) is 0 Å². The molecule has 0 bridgehead atoms.